The number of aryl methyl sites for hydroxylation is 1. The fourth-order valence-electron chi connectivity index (χ4n) is 2.56. The Morgan fingerprint density at radius 3 is 2.65 bits per heavy atom. The van der Waals surface area contributed by atoms with Gasteiger partial charge in [-0.1, -0.05) is 32.0 Å². The molecule has 2 N–H and O–H groups in total. The predicted molar refractivity (Wildman–Crippen MR) is 74.1 cm³/mol. The van der Waals surface area contributed by atoms with Crippen molar-refractivity contribution in [2.24, 2.45) is 18.2 Å². The van der Waals surface area contributed by atoms with Crippen molar-refractivity contribution in [1.82, 2.24) is 4.57 Å². The van der Waals surface area contributed by atoms with Crippen LogP contribution in [0.4, 0.5) is 0 Å². The second-order valence-corrected chi connectivity index (χ2v) is 5.66. The molecule has 0 amide bonds. The maximum atomic E-state index is 5.68. The predicted octanol–water partition coefficient (Wildman–Crippen LogP) is 3.10. The van der Waals surface area contributed by atoms with Gasteiger partial charge in [0, 0.05) is 24.1 Å². The maximum Gasteiger partial charge on any atom is 0.0480 e. The van der Waals surface area contributed by atoms with E-state index in [4.69, 9.17) is 5.73 Å². The van der Waals surface area contributed by atoms with E-state index in [2.05, 4.69) is 55.9 Å². The summed E-state index contributed by atoms with van der Waals surface area (Å²) in [6.45, 7) is 5.35. The van der Waals surface area contributed by atoms with Gasteiger partial charge in [0.15, 0.2) is 0 Å². The Hall–Kier alpha value is -1.28. The molecule has 0 fully saturated rings. The minimum absolute atomic E-state index is 0.277. The van der Waals surface area contributed by atoms with Crippen LogP contribution in [0.2, 0.25) is 0 Å². The van der Waals surface area contributed by atoms with E-state index in [0.29, 0.717) is 0 Å². The molecule has 0 radical (unpaired) electrons. The number of benzene rings is 1. The first-order valence-corrected chi connectivity index (χ1v) is 6.26. The first kappa shape index (κ1) is 12.2. The van der Waals surface area contributed by atoms with Crippen molar-refractivity contribution < 1.29 is 0 Å². The summed E-state index contributed by atoms with van der Waals surface area (Å²) in [6.07, 6.45) is 4.41. The third kappa shape index (κ3) is 2.52. The number of nitrogens with two attached hydrogens (primary N) is 1. The van der Waals surface area contributed by atoms with Crippen LogP contribution in [0.25, 0.3) is 10.9 Å². The average molecular weight is 230 g/mol. The fourth-order valence-corrected chi connectivity index (χ4v) is 2.56. The first-order valence-electron chi connectivity index (χ1n) is 6.26. The Balaban J connectivity index is 2.36. The van der Waals surface area contributed by atoms with Gasteiger partial charge in [0.25, 0.3) is 0 Å². The van der Waals surface area contributed by atoms with Crippen molar-refractivity contribution in [2.45, 2.75) is 26.7 Å². The number of hydrogen-bond acceptors (Lipinski definition) is 1. The van der Waals surface area contributed by atoms with Crippen molar-refractivity contribution in [1.29, 1.82) is 0 Å². The van der Waals surface area contributed by atoms with E-state index in [1.807, 2.05) is 0 Å². The molecule has 1 heterocycles. The lowest BCUT2D eigenvalue weighted by Crippen LogP contribution is -2.19. The van der Waals surface area contributed by atoms with E-state index in [0.717, 1.165) is 19.4 Å². The standard InChI is InChI=1S/C15H22N2/c1-15(2,8-9-16)10-12-11-17(3)14-7-5-4-6-13(12)14/h4-7,11H,8-10,16H2,1-3H3. The molecule has 2 aromatic rings. The topological polar surface area (TPSA) is 30.9 Å². The summed E-state index contributed by atoms with van der Waals surface area (Å²) < 4.78 is 2.21. The Labute approximate surface area is 103 Å². The second-order valence-electron chi connectivity index (χ2n) is 5.66. The molecule has 1 aromatic carbocycles. The molecule has 0 atom stereocenters. The summed E-state index contributed by atoms with van der Waals surface area (Å²) in [7, 11) is 2.11. The Kier molecular flexibility index (Phi) is 3.25. The number of aromatic nitrogens is 1. The highest BCUT2D eigenvalue weighted by molar-refractivity contribution is 5.83. The van der Waals surface area contributed by atoms with Gasteiger partial charge in [-0.15, -0.1) is 0 Å². The van der Waals surface area contributed by atoms with Crippen LogP contribution in [0.3, 0.4) is 0 Å². The van der Waals surface area contributed by atoms with Crippen molar-refractivity contribution in [3.63, 3.8) is 0 Å². The normalized spacial score (nSPS) is 12.2. The van der Waals surface area contributed by atoms with E-state index < -0.39 is 0 Å². The molecule has 0 unspecified atom stereocenters. The smallest absolute Gasteiger partial charge is 0.0480 e. The molecule has 0 aliphatic carbocycles. The molecular formula is C15H22N2. The van der Waals surface area contributed by atoms with Gasteiger partial charge in [-0.05, 0) is 36.4 Å². The van der Waals surface area contributed by atoms with Crippen molar-refractivity contribution in [3.8, 4) is 0 Å². The molecule has 0 aliphatic heterocycles. The summed E-state index contributed by atoms with van der Waals surface area (Å²) in [4.78, 5) is 0. The van der Waals surface area contributed by atoms with Gasteiger partial charge in [0.05, 0.1) is 0 Å². The highest BCUT2D eigenvalue weighted by atomic mass is 14.9. The van der Waals surface area contributed by atoms with E-state index >= 15 is 0 Å². The number of fused-ring (bicyclic) bond motifs is 1. The molecule has 0 aliphatic rings. The number of para-hydroxylation sites is 1. The number of rotatable bonds is 4. The number of hydrogen-bond donors (Lipinski definition) is 1. The Morgan fingerprint density at radius 2 is 1.94 bits per heavy atom. The molecule has 0 saturated carbocycles. The molecule has 0 spiro atoms. The Bertz CT molecular complexity index is 509. The SMILES string of the molecule is Cn1cc(CC(C)(C)CCN)c2ccccc21. The van der Waals surface area contributed by atoms with Crippen LogP contribution in [-0.4, -0.2) is 11.1 Å². The van der Waals surface area contributed by atoms with Crippen LogP contribution in [0.1, 0.15) is 25.8 Å². The molecule has 2 heteroatoms. The van der Waals surface area contributed by atoms with E-state index in [1.165, 1.54) is 16.5 Å². The van der Waals surface area contributed by atoms with Crippen molar-refractivity contribution in [2.75, 3.05) is 6.54 Å². The Morgan fingerprint density at radius 1 is 1.24 bits per heavy atom. The summed E-state index contributed by atoms with van der Waals surface area (Å²) in [6, 6.07) is 8.59. The minimum atomic E-state index is 0.277. The summed E-state index contributed by atoms with van der Waals surface area (Å²) in [5, 5.41) is 1.38. The van der Waals surface area contributed by atoms with Gasteiger partial charge < -0.3 is 10.3 Å². The summed E-state index contributed by atoms with van der Waals surface area (Å²) in [5.74, 6) is 0. The lowest BCUT2D eigenvalue weighted by Gasteiger charge is -2.23. The lowest BCUT2D eigenvalue weighted by atomic mass is 9.83. The van der Waals surface area contributed by atoms with Gasteiger partial charge in [-0.3, -0.25) is 0 Å². The molecule has 2 rings (SSSR count). The highest BCUT2D eigenvalue weighted by Gasteiger charge is 2.19. The van der Waals surface area contributed by atoms with Crippen molar-refractivity contribution >= 4 is 10.9 Å². The average Bonchev–Trinajstić information content (AvgIpc) is 2.56. The third-order valence-corrected chi connectivity index (χ3v) is 3.47. The van der Waals surface area contributed by atoms with Crippen LogP contribution >= 0.6 is 0 Å². The number of nitrogens with zero attached hydrogens (tertiary/aromatic N) is 1. The van der Waals surface area contributed by atoms with Crippen LogP contribution in [0.5, 0.6) is 0 Å². The minimum Gasteiger partial charge on any atom is -0.350 e. The van der Waals surface area contributed by atoms with E-state index in [1.54, 1.807) is 0 Å². The van der Waals surface area contributed by atoms with Crippen LogP contribution in [0, 0.1) is 5.41 Å². The molecule has 1 aromatic heterocycles. The first-order chi connectivity index (χ1) is 8.03. The van der Waals surface area contributed by atoms with Gasteiger partial charge >= 0.3 is 0 Å². The largest absolute Gasteiger partial charge is 0.350 e. The molecule has 2 nitrogen and oxygen atoms in total. The molecule has 92 valence electrons. The fraction of sp³-hybridized carbons (Fsp3) is 0.467. The third-order valence-electron chi connectivity index (χ3n) is 3.47. The van der Waals surface area contributed by atoms with Gasteiger partial charge in [0.2, 0.25) is 0 Å². The van der Waals surface area contributed by atoms with Gasteiger partial charge in [0.1, 0.15) is 0 Å². The van der Waals surface area contributed by atoms with Crippen molar-refractivity contribution in [3.05, 3.63) is 36.0 Å². The summed E-state index contributed by atoms with van der Waals surface area (Å²) in [5.41, 5.74) is 8.70. The zero-order valence-corrected chi connectivity index (χ0v) is 11.0. The maximum absolute atomic E-state index is 5.68. The molecular weight excluding hydrogens is 208 g/mol. The zero-order valence-electron chi connectivity index (χ0n) is 11.0. The monoisotopic (exact) mass is 230 g/mol. The van der Waals surface area contributed by atoms with Crippen LogP contribution < -0.4 is 5.73 Å². The van der Waals surface area contributed by atoms with Gasteiger partial charge in [-0.25, -0.2) is 0 Å². The second kappa shape index (κ2) is 4.53. The molecule has 17 heavy (non-hydrogen) atoms. The quantitative estimate of drug-likeness (QED) is 0.859. The molecule has 0 bridgehead atoms. The highest BCUT2D eigenvalue weighted by Crippen LogP contribution is 2.30. The van der Waals surface area contributed by atoms with Crippen LogP contribution in [-0.2, 0) is 13.5 Å². The van der Waals surface area contributed by atoms with E-state index in [9.17, 15) is 0 Å². The summed E-state index contributed by atoms with van der Waals surface area (Å²) >= 11 is 0. The van der Waals surface area contributed by atoms with E-state index in [-0.39, 0.29) is 5.41 Å². The van der Waals surface area contributed by atoms with Gasteiger partial charge in [-0.2, -0.15) is 0 Å². The molecule has 0 saturated heterocycles. The van der Waals surface area contributed by atoms with Crippen LogP contribution in [0.15, 0.2) is 30.5 Å². The lowest BCUT2D eigenvalue weighted by molar-refractivity contribution is 0.339. The zero-order chi connectivity index (χ0) is 12.5.